The highest BCUT2D eigenvalue weighted by Crippen LogP contribution is 2.23. The summed E-state index contributed by atoms with van der Waals surface area (Å²) < 4.78 is 2.05. The van der Waals surface area contributed by atoms with Crippen molar-refractivity contribution < 1.29 is 0 Å². The van der Waals surface area contributed by atoms with Gasteiger partial charge in [0.15, 0.2) is 0 Å². The van der Waals surface area contributed by atoms with Crippen molar-refractivity contribution in [2.75, 3.05) is 13.1 Å². The minimum atomic E-state index is 0.412. The quantitative estimate of drug-likeness (QED) is 0.845. The van der Waals surface area contributed by atoms with E-state index in [2.05, 4.69) is 40.9 Å². The molecule has 0 bridgehead atoms. The number of piperidine rings is 1. The van der Waals surface area contributed by atoms with Gasteiger partial charge in [0.05, 0.1) is 0 Å². The molecule has 4 nitrogen and oxygen atoms in total. The molecule has 0 aliphatic carbocycles. The van der Waals surface area contributed by atoms with Crippen molar-refractivity contribution >= 4 is 0 Å². The third kappa shape index (κ3) is 2.43. The van der Waals surface area contributed by atoms with Gasteiger partial charge in [-0.15, -0.1) is 0 Å². The van der Waals surface area contributed by atoms with E-state index in [9.17, 15) is 0 Å². The first-order chi connectivity index (χ1) is 7.68. The van der Waals surface area contributed by atoms with Gasteiger partial charge in [-0.05, 0) is 45.2 Å². The molecule has 0 aromatic carbocycles. The van der Waals surface area contributed by atoms with Crippen LogP contribution in [0.3, 0.4) is 0 Å². The second kappa shape index (κ2) is 4.95. The van der Waals surface area contributed by atoms with Crippen LogP contribution < -0.4 is 5.32 Å². The largest absolute Gasteiger partial charge is 0.316 e. The van der Waals surface area contributed by atoms with Crippen LogP contribution >= 0.6 is 0 Å². The van der Waals surface area contributed by atoms with Gasteiger partial charge in [-0.25, -0.2) is 9.67 Å². The van der Waals surface area contributed by atoms with Crippen molar-refractivity contribution in [2.45, 2.75) is 39.7 Å². The average molecular weight is 222 g/mol. The van der Waals surface area contributed by atoms with E-state index in [4.69, 9.17) is 0 Å². The standard InChI is InChI=1S/C12H22N4/c1-9(2)16-12(14-8-15-16)6-11-4-5-13-7-10(11)3/h8-11,13H,4-7H2,1-3H3. The van der Waals surface area contributed by atoms with Crippen LogP contribution in [0.4, 0.5) is 0 Å². The van der Waals surface area contributed by atoms with Gasteiger partial charge in [-0.1, -0.05) is 6.92 Å². The molecule has 1 aromatic heterocycles. The van der Waals surface area contributed by atoms with Crippen molar-refractivity contribution in [3.05, 3.63) is 12.2 Å². The van der Waals surface area contributed by atoms with Gasteiger partial charge in [0.2, 0.25) is 0 Å². The van der Waals surface area contributed by atoms with E-state index in [-0.39, 0.29) is 0 Å². The third-order valence-corrected chi connectivity index (χ3v) is 3.54. The highest BCUT2D eigenvalue weighted by Gasteiger charge is 2.23. The predicted molar refractivity (Wildman–Crippen MR) is 64.3 cm³/mol. The van der Waals surface area contributed by atoms with E-state index in [1.807, 2.05) is 0 Å². The molecule has 2 heterocycles. The smallest absolute Gasteiger partial charge is 0.138 e. The number of nitrogens with zero attached hydrogens (tertiary/aromatic N) is 3. The summed E-state index contributed by atoms with van der Waals surface area (Å²) in [5, 5.41) is 7.73. The fourth-order valence-electron chi connectivity index (χ4n) is 2.46. The normalized spacial score (nSPS) is 26.2. The van der Waals surface area contributed by atoms with Crippen molar-refractivity contribution in [1.29, 1.82) is 0 Å². The Morgan fingerprint density at radius 1 is 1.56 bits per heavy atom. The highest BCUT2D eigenvalue weighted by atomic mass is 15.3. The fraction of sp³-hybridized carbons (Fsp3) is 0.833. The first kappa shape index (κ1) is 11.6. The van der Waals surface area contributed by atoms with Crippen LogP contribution in [0.5, 0.6) is 0 Å². The van der Waals surface area contributed by atoms with Gasteiger partial charge in [0.25, 0.3) is 0 Å². The molecule has 0 spiro atoms. The van der Waals surface area contributed by atoms with Crippen LogP contribution in [0.1, 0.15) is 39.1 Å². The van der Waals surface area contributed by atoms with E-state index in [1.165, 1.54) is 6.42 Å². The van der Waals surface area contributed by atoms with Crippen molar-refractivity contribution in [3.8, 4) is 0 Å². The molecule has 2 rings (SSSR count). The zero-order chi connectivity index (χ0) is 11.5. The maximum Gasteiger partial charge on any atom is 0.138 e. The van der Waals surface area contributed by atoms with Crippen molar-refractivity contribution in [2.24, 2.45) is 11.8 Å². The lowest BCUT2D eigenvalue weighted by Gasteiger charge is -2.29. The summed E-state index contributed by atoms with van der Waals surface area (Å²) in [6.45, 7) is 8.92. The SMILES string of the molecule is CC1CNCCC1Cc1ncnn1C(C)C. The Kier molecular flexibility index (Phi) is 3.59. The molecule has 1 saturated heterocycles. The van der Waals surface area contributed by atoms with E-state index in [0.717, 1.165) is 37.2 Å². The van der Waals surface area contributed by atoms with Crippen LogP contribution in [0.2, 0.25) is 0 Å². The molecule has 2 atom stereocenters. The minimum Gasteiger partial charge on any atom is -0.316 e. The van der Waals surface area contributed by atoms with E-state index in [0.29, 0.717) is 6.04 Å². The number of hydrogen-bond acceptors (Lipinski definition) is 3. The molecule has 0 saturated carbocycles. The van der Waals surface area contributed by atoms with E-state index < -0.39 is 0 Å². The van der Waals surface area contributed by atoms with Crippen LogP contribution in [-0.2, 0) is 6.42 Å². The second-order valence-corrected chi connectivity index (χ2v) is 5.15. The molecule has 90 valence electrons. The average Bonchev–Trinajstić information content (AvgIpc) is 2.69. The summed E-state index contributed by atoms with van der Waals surface area (Å²) >= 11 is 0. The predicted octanol–water partition coefficient (Wildman–Crippen LogP) is 1.65. The summed E-state index contributed by atoms with van der Waals surface area (Å²) in [7, 11) is 0. The van der Waals surface area contributed by atoms with Gasteiger partial charge >= 0.3 is 0 Å². The summed E-state index contributed by atoms with van der Waals surface area (Å²) in [5.41, 5.74) is 0. The van der Waals surface area contributed by atoms with E-state index >= 15 is 0 Å². The topological polar surface area (TPSA) is 42.7 Å². The van der Waals surface area contributed by atoms with Gasteiger partial charge < -0.3 is 5.32 Å². The summed E-state index contributed by atoms with van der Waals surface area (Å²) in [6.07, 6.45) is 4.01. The number of aromatic nitrogens is 3. The number of nitrogens with one attached hydrogen (secondary N) is 1. The fourth-order valence-corrected chi connectivity index (χ4v) is 2.46. The molecule has 0 amide bonds. The summed E-state index contributed by atoms with van der Waals surface area (Å²) in [4.78, 5) is 4.40. The molecule has 4 heteroatoms. The molecule has 0 radical (unpaired) electrons. The molecule has 1 fully saturated rings. The van der Waals surface area contributed by atoms with Crippen LogP contribution in [0, 0.1) is 11.8 Å². The lowest BCUT2D eigenvalue weighted by Crippen LogP contribution is -2.36. The number of hydrogen-bond donors (Lipinski definition) is 1. The Morgan fingerprint density at radius 3 is 3.06 bits per heavy atom. The van der Waals surface area contributed by atoms with Gasteiger partial charge in [-0.2, -0.15) is 5.10 Å². The first-order valence-corrected chi connectivity index (χ1v) is 6.27. The van der Waals surface area contributed by atoms with Crippen LogP contribution in [-0.4, -0.2) is 27.9 Å². The molecule has 1 aliphatic heterocycles. The van der Waals surface area contributed by atoms with Gasteiger partial charge in [0.1, 0.15) is 12.2 Å². The first-order valence-electron chi connectivity index (χ1n) is 6.27. The van der Waals surface area contributed by atoms with E-state index in [1.54, 1.807) is 6.33 Å². The molecule has 16 heavy (non-hydrogen) atoms. The zero-order valence-electron chi connectivity index (χ0n) is 10.5. The second-order valence-electron chi connectivity index (χ2n) is 5.15. The van der Waals surface area contributed by atoms with Crippen LogP contribution in [0.15, 0.2) is 6.33 Å². The van der Waals surface area contributed by atoms with Crippen molar-refractivity contribution in [1.82, 2.24) is 20.1 Å². The molecule has 1 aliphatic rings. The Bertz CT molecular complexity index is 332. The molecule has 2 unspecified atom stereocenters. The molecular formula is C12H22N4. The maximum absolute atomic E-state index is 4.40. The monoisotopic (exact) mass is 222 g/mol. The summed E-state index contributed by atoms with van der Waals surface area (Å²) in [6, 6.07) is 0.412. The Morgan fingerprint density at radius 2 is 2.38 bits per heavy atom. The maximum atomic E-state index is 4.40. The molecular weight excluding hydrogens is 200 g/mol. The van der Waals surface area contributed by atoms with Crippen molar-refractivity contribution in [3.63, 3.8) is 0 Å². The Hall–Kier alpha value is -0.900. The molecule has 1 aromatic rings. The lowest BCUT2D eigenvalue weighted by molar-refractivity contribution is 0.264. The minimum absolute atomic E-state index is 0.412. The van der Waals surface area contributed by atoms with Gasteiger partial charge in [0, 0.05) is 12.5 Å². The Labute approximate surface area is 97.5 Å². The molecule has 1 N–H and O–H groups in total. The third-order valence-electron chi connectivity index (χ3n) is 3.54. The van der Waals surface area contributed by atoms with Gasteiger partial charge in [-0.3, -0.25) is 0 Å². The van der Waals surface area contributed by atoms with Crippen LogP contribution in [0.25, 0.3) is 0 Å². The highest BCUT2D eigenvalue weighted by molar-refractivity contribution is 4.91. The Balaban J connectivity index is 2.04. The summed E-state index contributed by atoms with van der Waals surface area (Å²) in [5.74, 6) is 2.64. The number of rotatable bonds is 3. The zero-order valence-corrected chi connectivity index (χ0v) is 10.5. The lowest BCUT2D eigenvalue weighted by atomic mass is 9.85.